The lowest BCUT2D eigenvalue weighted by Gasteiger charge is -2.58. The molecule has 0 radical (unpaired) electrons. The Labute approximate surface area is 166 Å². The Kier molecular flexibility index (Phi) is 5.10. The van der Waals surface area contributed by atoms with Crippen LogP contribution in [0.15, 0.2) is 0 Å². The Morgan fingerprint density at radius 3 is 2.46 bits per heavy atom. The van der Waals surface area contributed by atoms with E-state index in [0.717, 1.165) is 38.0 Å². The number of ether oxygens (including phenoxy) is 1. The Balaban J connectivity index is 1.60. The number of ketones is 1. The van der Waals surface area contributed by atoms with E-state index >= 15 is 0 Å². The van der Waals surface area contributed by atoms with Crippen LogP contribution in [0.3, 0.4) is 0 Å². The number of fused-ring (bicyclic) bond motifs is 5. The van der Waals surface area contributed by atoms with Crippen LogP contribution in [-0.4, -0.2) is 35.0 Å². The predicted molar refractivity (Wildman–Crippen MR) is 106 cm³/mol. The van der Waals surface area contributed by atoms with E-state index < -0.39 is 5.60 Å². The number of Topliss-reactive ketones (excluding diaryl/α,β-unsaturated/α-hetero) is 1. The molecule has 4 heteroatoms. The van der Waals surface area contributed by atoms with Gasteiger partial charge in [-0.25, -0.2) is 0 Å². The molecule has 1 N–H and O–H groups in total. The summed E-state index contributed by atoms with van der Waals surface area (Å²) in [7, 11) is 1.86. The fraction of sp³-hybridized carbons (Fsp3) is 0.955. The maximum atomic E-state index is 12.6. The molecule has 0 unspecified atom stereocenters. The molecule has 0 spiro atoms. The highest BCUT2D eigenvalue weighted by Crippen LogP contribution is 2.65. The number of hydrogen-bond donors (Lipinski definition) is 1. The van der Waals surface area contributed by atoms with Crippen LogP contribution in [0.25, 0.3) is 0 Å². The highest BCUT2D eigenvalue weighted by Gasteiger charge is 2.60. The molecule has 0 amide bonds. The molecular formula is C22H35BrO3. The highest BCUT2D eigenvalue weighted by molar-refractivity contribution is 9.09. The second-order valence-corrected chi connectivity index (χ2v) is 10.8. The molecule has 4 aliphatic carbocycles. The summed E-state index contributed by atoms with van der Waals surface area (Å²) in [6.07, 6.45) is 9.15. The summed E-state index contributed by atoms with van der Waals surface area (Å²) in [5.74, 6) is 4.03. The Bertz CT molecular complexity index is 562. The molecule has 4 saturated carbocycles. The van der Waals surface area contributed by atoms with Gasteiger partial charge in [-0.3, -0.25) is 4.79 Å². The third-order valence-corrected chi connectivity index (χ3v) is 9.64. The molecule has 26 heavy (non-hydrogen) atoms. The zero-order valence-electron chi connectivity index (χ0n) is 16.5. The highest BCUT2D eigenvalue weighted by atomic mass is 79.9. The summed E-state index contributed by atoms with van der Waals surface area (Å²) in [6.45, 7) is 4.42. The number of halogens is 1. The zero-order chi connectivity index (χ0) is 18.7. The fourth-order valence-corrected chi connectivity index (χ4v) is 8.31. The molecular weight excluding hydrogens is 392 g/mol. The third-order valence-electron chi connectivity index (χ3n) is 9.09. The van der Waals surface area contributed by atoms with Crippen molar-refractivity contribution < 1.29 is 14.6 Å². The normalized spacial score (nSPS) is 53.5. The summed E-state index contributed by atoms with van der Waals surface area (Å²) in [4.78, 5) is 12.6. The van der Waals surface area contributed by atoms with Crippen molar-refractivity contribution >= 4 is 21.7 Å². The van der Waals surface area contributed by atoms with Crippen molar-refractivity contribution in [3.05, 3.63) is 0 Å². The number of rotatable bonds is 3. The minimum absolute atomic E-state index is 0.192. The average molecular weight is 427 g/mol. The summed E-state index contributed by atoms with van der Waals surface area (Å²) in [6, 6.07) is 0. The van der Waals surface area contributed by atoms with Crippen LogP contribution in [0.1, 0.15) is 65.2 Å². The van der Waals surface area contributed by atoms with E-state index in [2.05, 4.69) is 22.9 Å². The van der Waals surface area contributed by atoms with Gasteiger partial charge in [-0.2, -0.15) is 0 Å². The van der Waals surface area contributed by atoms with Crippen molar-refractivity contribution in [2.24, 2.45) is 40.9 Å². The van der Waals surface area contributed by atoms with Crippen LogP contribution in [0, 0.1) is 40.9 Å². The molecule has 0 aliphatic heterocycles. The molecule has 4 fully saturated rings. The van der Waals surface area contributed by atoms with Crippen LogP contribution in [0.5, 0.6) is 0 Å². The molecule has 0 aromatic carbocycles. The van der Waals surface area contributed by atoms with Crippen molar-refractivity contribution in [1.29, 1.82) is 0 Å². The molecule has 0 aromatic heterocycles. The number of carbonyl (C=O) groups is 1. The van der Waals surface area contributed by atoms with E-state index in [4.69, 9.17) is 4.74 Å². The van der Waals surface area contributed by atoms with Gasteiger partial charge < -0.3 is 9.84 Å². The van der Waals surface area contributed by atoms with Gasteiger partial charge in [-0.05, 0) is 93.3 Å². The minimum atomic E-state index is -0.519. The van der Waals surface area contributed by atoms with Crippen LogP contribution in [-0.2, 0) is 9.53 Å². The lowest BCUT2D eigenvalue weighted by molar-refractivity contribution is -0.154. The number of carbonyl (C=O) groups excluding carboxylic acids is 1. The van der Waals surface area contributed by atoms with E-state index in [0.29, 0.717) is 34.8 Å². The lowest BCUT2D eigenvalue weighted by atomic mass is 9.48. The molecule has 4 aliphatic rings. The molecule has 3 nitrogen and oxygen atoms in total. The predicted octanol–water partition coefficient (Wildman–Crippen LogP) is 4.60. The van der Waals surface area contributed by atoms with Gasteiger partial charge >= 0.3 is 0 Å². The fourth-order valence-electron chi connectivity index (χ4n) is 7.92. The number of methoxy groups -OCH3 is 1. The van der Waals surface area contributed by atoms with Crippen molar-refractivity contribution in [1.82, 2.24) is 0 Å². The van der Waals surface area contributed by atoms with Gasteiger partial charge in [0, 0.05) is 13.0 Å². The lowest BCUT2D eigenvalue weighted by Crippen LogP contribution is -2.55. The standard InChI is InChI=1S/C22H35BrO3/c1-21(25)8-6-14-13-7-9-22(2)17(4-5-18(22)19(24)12-23)15(13)10-20(26-3)16(14)11-21/h13-18,20,25H,4-12H2,1-3H3/t13-,14-,15-,16+,17+,18-,20-,21-,22+/m1/s1. The summed E-state index contributed by atoms with van der Waals surface area (Å²) in [5, 5.41) is 11.1. The topological polar surface area (TPSA) is 46.5 Å². The second kappa shape index (κ2) is 6.84. The maximum Gasteiger partial charge on any atom is 0.147 e. The van der Waals surface area contributed by atoms with Gasteiger partial charge in [0.2, 0.25) is 0 Å². The first-order valence-corrected chi connectivity index (χ1v) is 11.8. The first-order valence-electron chi connectivity index (χ1n) is 10.6. The maximum absolute atomic E-state index is 12.6. The Hall–Kier alpha value is 0.0700. The number of alkyl halides is 1. The van der Waals surface area contributed by atoms with Crippen LogP contribution < -0.4 is 0 Å². The number of aliphatic hydroxyl groups is 1. The Morgan fingerprint density at radius 2 is 1.77 bits per heavy atom. The van der Waals surface area contributed by atoms with Crippen LogP contribution in [0.4, 0.5) is 0 Å². The first kappa shape index (κ1) is 19.4. The van der Waals surface area contributed by atoms with Gasteiger partial charge in [-0.15, -0.1) is 0 Å². The molecule has 4 rings (SSSR count). The van der Waals surface area contributed by atoms with Gasteiger partial charge in [-0.1, -0.05) is 22.9 Å². The van der Waals surface area contributed by atoms with Gasteiger partial charge in [0.1, 0.15) is 5.78 Å². The van der Waals surface area contributed by atoms with E-state index in [1.54, 1.807) is 0 Å². The molecule has 0 heterocycles. The van der Waals surface area contributed by atoms with E-state index in [-0.39, 0.29) is 17.4 Å². The average Bonchev–Trinajstić information content (AvgIpc) is 2.96. The Morgan fingerprint density at radius 1 is 1.08 bits per heavy atom. The first-order chi connectivity index (χ1) is 12.3. The third kappa shape index (κ3) is 2.93. The van der Waals surface area contributed by atoms with Crippen molar-refractivity contribution in [2.45, 2.75) is 76.9 Å². The quantitative estimate of drug-likeness (QED) is 0.670. The van der Waals surface area contributed by atoms with Crippen molar-refractivity contribution in [3.8, 4) is 0 Å². The number of hydrogen-bond acceptors (Lipinski definition) is 3. The monoisotopic (exact) mass is 426 g/mol. The van der Waals surface area contributed by atoms with Gasteiger partial charge in [0.15, 0.2) is 0 Å². The van der Waals surface area contributed by atoms with Crippen molar-refractivity contribution in [3.63, 3.8) is 0 Å². The summed E-state index contributed by atoms with van der Waals surface area (Å²) >= 11 is 3.42. The largest absolute Gasteiger partial charge is 0.390 e. The van der Waals surface area contributed by atoms with E-state index in [1.165, 1.54) is 19.3 Å². The van der Waals surface area contributed by atoms with Crippen LogP contribution in [0.2, 0.25) is 0 Å². The summed E-state index contributed by atoms with van der Waals surface area (Å²) in [5.41, 5.74) is -0.327. The molecule has 0 aromatic rings. The second-order valence-electron chi connectivity index (χ2n) is 10.3. The molecule has 0 bridgehead atoms. The summed E-state index contributed by atoms with van der Waals surface area (Å²) < 4.78 is 5.99. The van der Waals surface area contributed by atoms with Crippen molar-refractivity contribution in [2.75, 3.05) is 12.4 Å². The van der Waals surface area contributed by atoms with Crippen LogP contribution >= 0.6 is 15.9 Å². The minimum Gasteiger partial charge on any atom is -0.390 e. The van der Waals surface area contributed by atoms with Gasteiger partial charge in [0.25, 0.3) is 0 Å². The molecule has 9 atom stereocenters. The van der Waals surface area contributed by atoms with Gasteiger partial charge in [0.05, 0.1) is 17.0 Å². The SMILES string of the molecule is CO[C@@H]1C[C@@H]2[C@H](CC[C@]3(C)[C@@H](C(=O)CBr)CC[C@@H]23)[C@H]2CC[C@@](C)(O)C[C@@H]21. The smallest absolute Gasteiger partial charge is 0.147 e. The molecule has 0 saturated heterocycles. The zero-order valence-corrected chi connectivity index (χ0v) is 18.1. The van der Waals surface area contributed by atoms with E-state index in [1.807, 2.05) is 14.0 Å². The molecule has 148 valence electrons. The van der Waals surface area contributed by atoms with E-state index in [9.17, 15) is 9.90 Å².